The third-order valence-electron chi connectivity index (χ3n) is 2.78. The van der Waals surface area contributed by atoms with Crippen molar-refractivity contribution in [1.82, 2.24) is 10.2 Å². The summed E-state index contributed by atoms with van der Waals surface area (Å²) in [5.74, 6) is 1.27. The molecular formula is C10H22N2S. The minimum atomic E-state index is 0.671. The molecule has 1 rings (SSSR count). The van der Waals surface area contributed by atoms with Crippen LogP contribution in [0.25, 0.3) is 0 Å². The Bertz CT molecular complexity index is 141. The van der Waals surface area contributed by atoms with Gasteiger partial charge in [0, 0.05) is 37.5 Å². The molecular weight excluding hydrogens is 180 g/mol. The fraction of sp³-hybridized carbons (Fsp3) is 1.00. The van der Waals surface area contributed by atoms with Gasteiger partial charge in [0.1, 0.15) is 0 Å². The van der Waals surface area contributed by atoms with Gasteiger partial charge in [-0.2, -0.15) is 11.8 Å². The first-order valence-corrected chi connectivity index (χ1v) is 6.63. The summed E-state index contributed by atoms with van der Waals surface area (Å²) in [5, 5.41) is 3.54. The van der Waals surface area contributed by atoms with Crippen LogP contribution in [0.15, 0.2) is 0 Å². The molecule has 0 aromatic rings. The molecule has 2 atom stereocenters. The molecule has 0 aromatic carbocycles. The Balaban J connectivity index is 2.35. The maximum Gasteiger partial charge on any atom is 0.0219 e. The van der Waals surface area contributed by atoms with E-state index in [1.54, 1.807) is 0 Å². The highest BCUT2D eigenvalue weighted by atomic mass is 32.2. The molecule has 3 heteroatoms. The van der Waals surface area contributed by atoms with Gasteiger partial charge < -0.3 is 5.32 Å². The van der Waals surface area contributed by atoms with Gasteiger partial charge in [0.2, 0.25) is 0 Å². The second-order valence-corrected chi connectivity index (χ2v) is 4.84. The van der Waals surface area contributed by atoms with Crippen molar-refractivity contribution in [2.75, 3.05) is 31.6 Å². The van der Waals surface area contributed by atoms with E-state index in [4.69, 9.17) is 0 Å². The summed E-state index contributed by atoms with van der Waals surface area (Å²) in [7, 11) is 0. The van der Waals surface area contributed by atoms with Gasteiger partial charge in [0.15, 0.2) is 0 Å². The van der Waals surface area contributed by atoms with E-state index in [0.717, 1.165) is 6.04 Å². The lowest BCUT2D eigenvalue weighted by molar-refractivity contribution is 0.140. The largest absolute Gasteiger partial charge is 0.311 e. The Hall–Kier alpha value is 0.270. The normalized spacial score (nSPS) is 30.7. The zero-order valence-electron chi connectivity index (χ0n) is 9.05. The number of piperazine rings is 1. The summed E-state index contributed by atoms with van der Waals surface area (Å²) in [6.45, 7) is 8.21. The predicted octanol–water partition coefficient (Wildman–Crippen LogP) is 1.42. The van der Waals surface area contributed by atoms with Gasteiger partial charge in [-0.15, -0.1) is 0 Å². The Morgan fingerprint density at radius 3 is 2.92 bits per heavy atom. The molecule has 0 spiro atoms. The van der Waals surface area contributed by atoms with Crippen molar-refractivity contribution in [3.63, 3.8) is 0 Å². The van der Waals surface area contributed by atoms with E-state index < -0.39 is 0 Å². The summed E-state index contributed by atoms with van der Waals surface area (Å²) < 4.78 is 0. The van der Waals surface area contributed by atoms with Crippen LogP contribution < -0.4 is 5.32 Å². The highest BCUT2D eigenvalue weighted by Gasteiger charge is 2.23. The first-order valence-electron chi connectivity index (χ1n) is 5.24. The number of hydrogen-bond acceptors (Lipinski definition) is 3. The van der Waals surface area contributed by atoms with E-state index in [1.807, 2.05) is 11.8 Å². The van der Waals surface area contributed by atoms with Gasteiger partial charge in [-0.1, -0.05) is 6.92 Å². The minimum absolute atomic E-state index is 0.671. The molecule has 1 aliphatic heterocycles. The first-order chi connectivity index (χ1) is 6.27. The highest BCUT2D eigenvalue weighted by molar-refractivity contribution is 7.98. The number of thioether (sulfide) groups is 1. The Labute approximate surface area is 86.5 Å². The third kappa shape index (κ3) is 3.49. The van der Waals surface area contributed by atoms with Gasteiger partial charge in [0.05, 0.1) is 0 Å². The molecule has 0 aliphatic carbocycles. The van der Waals surface area contributed by atoms with Crippen LogP contribution >= 0.6 is 11.8 Å². The third-order valence-corrected chi connectivity index (χ3v) is 3.37. The summed E-state index contributed by atoms with van der Waals surface area (Å²) in [5.41, 5.74) is 0. The Kier molecular flexibility index (Phi) is 5.14. The van der Waals surface area contributed by atoms with Crippen LogP contribution in [0.3, 0.4) is 0 Å². The quantitative estimate of drug-likeness (QED) is 0.742. The van der Waals surface area contributed by atoms with Crippen LogP contribution in [0.5, 0.6) is 0 Å². The molecule has 0 saturated carbocycles. The van der Waals surface area contributed by atoms with Crippen LogP contribution in [0.2, 0.25) is 0 Å². The Morgan fingerprint density at radius 1 is 1.54 bits per heavy atom. The monoisotopic (exact) mass is 202 g/mol. The number of nitrogens with zero attached hydrogens (tertiary/aromatic N) is 1. The lowest BCUT2D eigenvalue weighted by Crippen LogP contribution is -2.55. The second kappa shape index (κ2) is 5.89. The van der Waals surface area contributed by atoms with Crippen molar-refractivity contribution in [1.29, 1.82) is 0 Å². The molecule has 1 fully saturated rings. The smallest absolute Gasteiger partial charge is 0.0219 e. The van der Waals surface area contributed by atoms with E-state index in [1.165, 1.54) is 31.8 Å². The number of hydrogen-bond donors (Lipinski definition) is 1. The SMILES string of the molecule is CCC1CNC(C)CN1CCSC. The van der Waals surface area contributed by atoms with Crippen LogP contribution in [0.1, 0.15) is 20.3 Å². The number of rotatable bonds is 4. The number of nitrogens with one attached hydrogen (secondary N) is 1. The van der Waals surface area contributed by atoms with Gasteiger partial charge in [-0.3, -0.25) is 4.90 Å². The molecule has 2 unspecified atom stereocenters. The molecule has 2 nitrogen and oxygen atoms in total. The minimum Gasteiger partial charge on any atom is -0.311 e. The molecule has 0 radical (unpaired) electrons. The summed E-state index contributed by atoms with van der Waals surface area (Å²) in [4.78, 5) is 2.64. The lowest BCUT2D eigenvalue weighted by Gasteiger charge is -2.38. The Morgan fingerprint density at radius 2 is 2.31 bits per heavy atom. The average molecular weight is 202 g/mol. The van der Waals surface area contributed by atoms with E-state index in [-0.39, 0.29) is 0 Å². The first kappa shape index (κ1) is 11.3. The average Bonchev–Trinajstić information content (AvgIpc) is 2.15. The zero-order chi connectivity index (χ0) is 9.68. The second-order valence-electron chi connectivity index (χ2n) is 3.86. The van der Waals surface area contributed by atoms with Crippen molar-refractivity contribution in [2.45, 2.75) is 32.4 Å². The van der Waals surface area contributed by atoms with E-state index in [0.29, 0.717) is 6.04 Å². The molecule has 1 saturated heterocycles. The van der Waals surface area contributed by atoms with Crippen molar-refractivity contribution >= 4 is 11.8 Å². The van der Waals surface area contributed by atoms with Crippen molar-refractivity contribution in [2.24, 2.45) is 0 Å². The van der Waals surface area contributed by atoms with E-state index >= 15 is 0 Å². The highest BCUT2D eigenvalue weighted by Crippen LogP contribution is 2.10. The molecule has 1 heterocycles. The summed E-state index contributed by atoms with van der Waals surface area (Å²) in [6.07, 6.45) is 3.46. The maximum atomic E-state index is 3.54. The summed E-state index contributed by atoms with van der Waals surface area (Å²) in [6, 6.07) is 1.44. The fourth-order valence-electron chi connectivity index (χ4n) is 1.92. The molecule has 0 bridgehead atoms. The van der Waals surface area contributed by atoms with Crippen molar-refractivity contribution in [3.8, 4) is 0 Å². The topological polar surface area (TPSA) is 15.3 Å². The van der Waals surface area contributed by atoms with Crippen LogP contribution in [0, 0.1) is 0 Å². The molecule has 1 N–H and O–H groups in total. The maximum absolute atomic E-state index is 3.54. The fourth-order valence-corrected chi connectivity index (χ4v) is 2.33. The molecule has 0 amide bonds. The van der Waals surface area contributed by atoms with Gasteiger partial charge >= 0.3 is 0 Å². The van der Waals surface area contributed by atoms with Crippen LogP contribution in [0.4, 0.5) is 0 Å². The van der Waals surface area contributed by atoms with Crippen molar-refractivity contribution in [3.05, 3.63) is 0 Å². The van der Waals surface area contributed by atoms with Gasteiger partial charge in [0.25, 0.3) is 0 Å². The zero-order valence-corrected chi connectivity index (χ0v) is 9.86. The standard InChI is InChI=1S/C10H22N2S/c1-4-10-7-11-9(2)8-12(10)5-6-13-3/h9-11H,4-8H2,1-3H3. The molecule has 13 heavy (non-hydrogen) atoms. The predicted molar refractivity (Wildman–Crippen MR) is 61.5 cm³/mol. The van der Waals surface area contributed by atoms with Crippen molar-refractivity contribution < 1.29 is 0 Å². The summed E-state index contributed by atoms with van der Waals surface area (Å²) >= 11 is 1.95. The molecule has 1 aliphatic rings. The van der Waals surface area contributed by atoms with Crippen LogP contribution in [-0.4, -0.2) is 48.6 Å². The van der Waals surface area contributed by atoms with Crippen LogP contribution in [-0.2, 0) is 0 Å². The van der Waals surface area contributed by atoms with Gasteiger partial charge in [-0.05, 0) is 19.6 Å². The lowest BCUT2D eigenvalue weighted by atomic mass is 10.1. The van der Waals surface area contributed by atoms with Gasteiger partial charge in [-0.25, -0.2) is 0 Å². The molecule has 0 aromatic heterocycles. The van der Waals surface area contributed by atoms with E-state index in [2.05, 4.69) is 30.3 Å². The molecule has 78 valence electrons. The van der Waals surface area contributed by atoms with E-state index in [9.17, 15) is 0 Å².